The van der Waals surface area contributed by atoms with Gasteiger partial charge in [0, 0.05) is 29.6 Å². The molecule has 0 saturated heterocycles. The summed E-state index contributed by atoms with van der Waals surface area (Å²) in [6.45, 7) is 0.824. The molecular formula is C20H15F3N4O3S. The van der Waals surface area contributed by atoms with Crippen molar-refractivity contribution in [1.29, 1.82) is 0 Å². The van der Waals surface area contributed by atoms with Crippen LogP contribution in [0.2, 0.25) is 0 Å². The number of rotatable bonds is 6. The third kappa shape index (κ3) is 5.66. The van der Waals surface area contributed by atoms with E-state index in [0.29, 0.717) is 11.8 Å². The third-order valence-corrected chi connectivity index (χ3v) is 4.66. The molecule has 0 atom stereocenters. The van der Waals surface area contributed by atoms with Gasteiger partial charge in [0.1, 0.15) is 17.5 Å². The van der Waals surface area contributed by atoms with Crippen LogP contribution in [-0.2, 0) is 9.59 Å². The van der Waals surface area contributed by atoms with Gasteiger partial charge in [0.05, 0.1) is 17.8 Å². The third-order valence-electron chi connectivity index (χ3n) is 3.90. The smallest absolute Gasteiger partial charge is 0.254 e. The van der Waals surface area contributed by atoms with E-state index in [1.54, 1.807) is 0 Å². The van der Waals surface area contributed by atoms with Gasteiger partial charge in [0.15, 0.2) is 5.13 Å². The van der Waals surface area contributed by atoms with Crippen molar-refractivity contribution in [2.45, 2.75) is 6.92 Å². The van der Waals surface area contributed by atoms with Crippen LogP contribution < -0.4 is 16.0 Å². The summed E-state index contributed by atoms with van der Waals surface area (Å²) in [5.41, 5.74) is 0.338. The van der Waals surface area contributed by atoms with Crippen molar-refractivity contribution in [3.05, 3.63) is 64.8 Å². The number of carbonyl (C=O) groups excluding carboxylic acids is 3. The van der Waals surface area contributed by atoms with Gasteiger partial charge in [-0.25, -0.2) is 18.2 Å². The van der Waals surface area contributed by atoms with Gasteiger partial charge in [0.2, 0.25) is 11.8 Å². The molecule has 3 aromatic rings. The number of hydrogen-bond donors (Lipinski definition) is 3. The topological polar surface area (TPSA) is 100 Å². The SMILES string of the molecule is CC(=O)Nc1ccc(-c2csc(NC(=O)CNC(=O)c3ccc(F)cc3F)n2)c(F)c1. The summed E-state index contributed by atoms with van der Waals surface area (Å²) in [7, 11) is 0. The molecule has 0 unspecified atom stereocenters. The number of aromatic nitrogens is 1. The largest absolute Gasteiger partial charge is 0.343 e. The fourth-order valence-corrected chi connectivity index (χ4v) is 3.28. The highest BCUT2D eigenvalue weighted by Gasteiger charge is 2.15. The summed E-state index contributed by atoms with van der Waals surface area (Å²) in [6, 6.07) is 6.57. The number of benzene rings is 2. The number of halogens is 3. The van der Waals surface area contributed by atoms with Crippen LogP contribution in [0.25, 0.3) is 11.3 Å². The van der Waals surface area contributed by atoms with Gasteiger partial charge in [-0.2, -0.15) is 0 Å². The number of nitrogens with one attached hydrogen (secondary N) is 3. The van der Waals surface area contributed by atoms with E-state index in [2.05, 4.69) is 20.9 Å². The molecule has 0 fully saturated rings. The molecule has 0 aliphatic rings. The molecule has 3 rings (SSSR count). The van der Waals surface area contributed by atoms with E-state index in [4.69, 9.17) is 0 Å². The molecule has 0 radical (unpaired) electrons. The first-order chi connectivity index (χ1) is 14.7. The minimum atomic E-state index is -1.05. The van der Waals surface area contributed by atoms with E-state index in [0.717, 1.165) is 29.5 Å². The lowest BCUT2D eigenvalue weighted by atomic mass is 10.1. The van der Waals surface area contributed by atoms with Crippen LogP contribution in [-0.4, -0.2) is 29.3 Å². The van der Waals surface area contributed by atoms with Crippen molar-refractivity contribution < 1.29 is 27.6 Å². The minimum absolute atomic E-state index is 0.160. The second-order valence-corrected chi connectivity index (χ2v) is 7.13. The van der Waals surface area contributed by atoms with Gasteiger partial charge in [-0.1, -0.05) is 0 Å². The number of amides is 3. The molecule has 31 heavy (non-hydrogen) atoms. The molecule has 2 aromatic carbocycles. The molecule has 0 aliphatic carbocycles. The first-order valence-corrected chi connectivity index (χ1v) is 9.67. The van der Waals surface area contributed by atoms with Crippen molar-refractivity contribution in [3.63, 3.8) is 0 Å². The van der Waals surface area contributed by atoms with Crippen LogP contribution in [0.4, 0.5) is 24.0 Å². The Bertz CT molecular complexity index is 1170. The summed E-state index contributed by atoms with van der Waals surface area (Å²) in [5, 5.41) is 8.81. The summed E-state index contributed by atoms with van der Waals surface area (Å²) in [5.74, 6) is -4.34. The number of hydrogen-bond acceptors (Lipinski definition) is 5. The van der Waals surface area contributed by atoms with Crippen molar-refractivity contribution in [2.75, 3.05) is 17.2 Å². The molecule has 160 valence electrons. The normalized spacial score (nSPS) is 10.5. The molecule has 0 saturated carbocycles. The zero-order valence-corrected chi connectivity index (χ0v) is 16.8. The Kier molecular flexibility index (Phi) is 6.65. The van der Waals surface area contributed by atoms with E-state index in [1.165, 1.54) is 24.4 Å². The molecule has 11 heteroatoms. The van der Waals surface area contributed by atoms with E-state index in [1.807, 2.05) is 0 Å². The van der Waals surface area contributed by atoms with E-state index in [-0.39, 0.29) is 22.3 Å². The lowest BCUT2D eigenvalue weighted by Gasteiger charge is -2.06. The van der Waals surface area contributed by atoms with Gasteiger partial charge in [-0.05, 0) is 30.3 Å². The summed E-state index contributed by atoms with van der Waals surface area (Å²) < 4.78 is 40.8. The molecule has 3 N–H and O–H groups in total. The molecule has 1 aromatic heterocycles. The number of carbonyl (C=O) groups is 3. The molecule has 0 bridgehead atoms. The Labute approximate surface area is 178 Å². The van der Waals surface area contributed by atoms with Gasteiger partial charge < -0.3 is 16.0 Å². The minimum Gasteiger partial charge on any atom is -0.343 e. The summed E-state index contributed by atoms with van der Waals surface area (Å²) in [6.07, 6.45) is 0. The fraction of sp³-hybridized carbons (Fsp3) is 0.100. The van der Waals surface area contributed by atoms with Gasteiger partial charge >= 0.3 is 0 Å². The van der Waals surface area contributed by atoms with Gasteiger partial charge in [-0.3, -0.25) is 14.4 Å². The van der Waals surface area contributed by atoms with Crippen LogP contribution in [0, 0.1) is 17.5 Å². The summed E-state index contributed by atoms with van der Waals surface area (Å²) >= 11 is 1.04. The van der Waals surface area contributed by atoms with Crippen LogP contribution >= 0.6 is 11.3 Å². The summed E-state index contributed by atoms with van der Waals surface area (Å²) in [4.78, 5) is 39.1. The standard InChI is InChI=1S/C20H15F3N4O3S/c1-10(28)25-12-3-5-13(16(23)7-12)17-9-31-20(26-17)27-18(29)8-24-19(30)14-4-2-11(21)6-15(14)22/h2-7,9H,8H2,1H3,(H,24,30)(H,25,28)(H,26,27,29). The molecule has 0 spiro atoms. The highest BCUT2D eigenvalue weighted by Crippen LogP contribution is 2.28. The zero-order chi connectivity index (χ0) is 22.5. The lowest BCUT2D eigenvalue weighted by Crippen LogP contribution is -2.33. The first-order valence-electron chi connectivity index (χ1n) is 8.79. The van der Waals surface area contributed by atoms with E-state index in [9.17, 15) is 27.6 Å². The Morgan fingerprint density at radius 3 is 2.45 bits per heavy atom. The highest BCUT2D eigenvalue weighted by atomic mass is 32.1. The van der Waals surface area contributed by atoms with Gasteiger partial charge in [-0.15, -0.1) is 11.3 Å². The van der Waals surface area contributed by atoms with Crippen LogP contribution in [0.5, 0.6) is 0 Å². The van der Waals surface area contributed by atoms with E-state index < -0.39 is 41.4 Å². The Hall–Kier alpha value is -3.73. The van der Waals surface area contributed by atoms with Crippen LogP contribution in [0.15, 0.2) is 41.8 Å². The quantitative estimate of drug-likeness (QED) is 0.537. The van der Waals surface area contributed by atoms with Gasteiger partial charge in [0.25, 0.3) is 5.91 Å². The highest BCUT2D eigenvalue weighted by molar-refractivity contribution is 7.14. The van der Waals surface area contributed by atoms with Crippen molar-refractivity contribution in [3.8, 4) is 11.3 Å². The molecule has 1 heterocycles. The Morgan fingerprint density at radius 2 is 1.77 bits per heavy atom. The molecule has 7 nitrogen and oxygen atoms in total. The second-order valence-electron chi connectivity index (χ2n) is 6.27. The molecular weight excluding hydrogens is 433 g/mol. The number of anilines is 2. The number of thiazole rings is 1. The maximum atomic E-state index is 14.3. The lowest BCUT2D eigenvalue weighted by molar-refractivity contribution is -0.115. The Balaban J connectivity index is 1.60. The molecule has 3 amide bonds. The van der Waals surface area contributed by atoms with Crippen LogP contribution in [0.1, 0.15) is 17.3 Å². The maximum Gasteiger partial charge on any atom is 0.254 e. The first kappa shape index (κ1) is 22.0. The van der Waals surface area contributed by atoms with E-state index >= 15 is 0 Å². The maximum absolute atomic E-state index is 14.3. The monoisotopic (exact) mass is 448 g/mol. The number of nitrogens with zero attached hydrogens (tertiary/aromatic N) is 1. The average Bonchev–Trinajstić information content (AvgIpc) is 3.13. The van der Waals surface area contributed by atoms with Crippen molar-refractivity contribution in [2.24, 2.45) is 0 Å². The predicted molar refractivity (Wildman–Crippen MR) is 109 cm³/mol. The zero-order valence-electron chi connectivity index (χ0n) is 16.0. The predicted octanol–water partition coefficient (Wildman–Crippen LogP) is 3.55. The van der Waals surface area contributed by atoms with Crippen molar-refractivity contribution in [1.82, 2.24) is 10.3 Å². The molecule has 0 aliphatic heterocycles. The second kappa shape index (κ2) is 9.39. The fourth-order valence-electron chi connectivity index (χ4n) is 2.55. The Morgan fingerprint density at radius 1 is 1.00 bits per heavy atom. The van der Waals surface area contributed by atoms with Crippen molar-refractivity contribution >= 4 is 39.9 Å². The average molecular weight is 448 g/mol. The van der Waals surface area contributed by atoms with Crippen LogP contribution in [0.3, 0.4) is 0 Å².